The molecule has 0 saturated heterocycles. The van der Waals surface area contributed by atoms with Crippen LogP contribution in [0.1, 0.15) is 48.5 Å². The predicted molar refractivity (Wildman–Crippen MR) is 160 cm³/mol. The molecule has 42 heavy (non-hydrogen) atoms. The Morgan fingerprint density at radius 1 is 0.929 bits per heavy atom. The Bertz CT molecular complexity index is 1590. The SMILES string of the molecule is CCOC(=O)c1c(-c2ccc(OC)cc2)oc2ccc(OCCCCCCN3C(=O)/C(=N/OC)c4ccccc43)cc12. The molecule has 9 nitrogen and oxygen atoms in total. The van der Waals surface area contributed by atoms with Crippen molar-refractivity contribution in [1.82, 2.24) is 0 Å². The van der Waals surface area contributed by atoms with Gasteiger partial charge in [-0.05, 0) is 68.3 Å². The summed E-state index contributed by atoms with van der Waals surface area (Å²) < 4.78 is 22.7. The Morgan fingerprint density at radius 2 is 1.69 bits per heavy atom. The third-order valence-corrected chi connectivity index (χ3v) is 7.12. The second-order valence-electron chi connectivity index (χ2n) is 9.77. The van der Waals surface area contributed by atoms with Gasteiger partial charge in [0.05, 0.1) is 26.0 Å². The van der Waals surface area contributed by atoms with Gasteiger partial charge in [-0.15, -0.1) is 0 Å². The molecule has 1 aliphatic rings. The number of esters is 1. The van der Waals surface area contributed by atoms with E-state index in [4.69, 9.17) is 23.5 Å². The van der Waals surface area contributed by atoms with Crippen LogP contribution < -0.4 is 14.4 Å². The quantitative estimate of drug-likeness (QED) is 0.101. The summed E-state index contributed by atoms with van der Waals surface area (Å²) in [6, 6.07) is 20.5. The highest BCUT2D eigenvalue weighted by molar-refractivity contribution is 6.54. The highest BCUT2D eigenvalue weighted by Gasteiger charge is 2.33. The van der Waals surface area contributed by atoms with Gasteiger partial charge >= 0.3 is 5.97 Å². The van der Waals surface area contributed by atoms with Crippen LogP contribution in [0.15, 0.2) is 76.3 Å². The number of carbonyl (C=O) groups excluding carboxylic acids is 2. The van der Waals surface area contributed by atoms with E-state index in [0.717, 1.165) is 42.5 Å². The summed E-state index contributed by atoms with van der Waals surface area (Å²) in [6.07, 6.45) is 3.61. The molecule has 0 spiro atoms. The van der Waals surface area contributed by atoms with Crippen LogP contribution >= 0.6 is 0 Å². The molecule has 0 fully saturated rings. The molecule has 4 aromatic rings. The molecule has 3 aromatic carbocycles. The molecular weight excluding hydrogens is 536 g/mol. The van der Waals surface area contributed by atoms with Gasteiger partial charge in [0.25, 0.3) is 5.91 Å². The first-order valence-corrected chi connectivity index (χ1v) is 14.1. The van der Waals surface area contributed by atoms with E-state index in [0.29, 0.717) is 52.7 Å². The monoisotopic (exact) mass is 570 g/mol. The summed E-state index contributed by atoms with van der Waals surface area (Å²) in [5.74, 6) is 1.23. The highest BCUT2D eigenvalue weighted by atomic mass is 16.6. The number of ether oxygens (including phenoxy) is 3. The number of hydrogen-bond donors (Lipinski definition) is 0. The molecule has 0 aliphatic carbocycles. The first-order valence-electron chi connectivity index (χ1n) is 14.1. The van der Waals surface area contributed by atoms with E-state index in [1.54, 1.807) is 18.9 Å². The number of methoxy groups -OCH3 is 1. The number of furan rings is 1. The summed E-state index contributed by atoms with van der Waals surface area (Å²) in [5.41, 5.74) is 3.72. The minimum Gasteiger partial charge on any atom is -0.497 e. The zero-order valence-electron chi connectivity index (χ0n) is 24.1. The molecule has 2 heterocycles. The van der Waals surface area contributed by atoms with Gasteiger partial charge in [0.15, 0.2) is 5.71 Å². The third-order valence-electron chi connectivity index (χ3n) is 7.12. The highest BCUT2D eigenvalue weighted by Crippen LogP contribution is 2.37. The fraction of sp³-hybridized carbons (Fsp3) is 0.303. The van der Waals surface area contributed by atoms with Crippen LogP contribution in [0.4, 0.5) is 5.69 Å². The number of nitrogens with zero attached hydrogens (tertiary/aromatic N) is 2. The van der Waals surface area contributed by atoms with E-state index >= 15 is 0 Å². The lowest BCUT2D eigenvalue weighted by atomic mass is 10.1. The average molecular weight is 571 g/mol. The van der Waals surface area contributed by atoms with Crippen molar-refractivity contribution in [2.24, 2.45) is 5.16 Å². The minimum atomic E-state index is -0.445. The normalized spacial score (nSPS) is 13.5. The van der Waals surface area contributed by atoms with E-state index in [9.17, 15) is 9.59 Å². The van der Waals surface area contributed by atoms with Crippen molar-refractivity contribution in [2.75, 3.05) is 38.9 Å². The molecule has 1 aromatic heterocycles. The van der Waals surface area contributed by atoms with Gasteiger partial charge in [0.2, 0.25) is 0 Å². The predicted octanol–water partition coefficient (Wildman–Crippen LogP) is 6.62. The van der Waals surface area contributed by atoms with E-state index in [1.165, 1.54) is 7.11 Å². The fourth-order valence-corrected chi connectivity index (χ4v) is 5.10. The fourth-order valence-electron chi connectivity index (χ4n) is 5.10. The number of rotatable bonds is 13. The molecule has 0 bridgehead atoms. The Hall–Kier alpha value is -4.79. The van der Waals surface area contributed by atoms with Gasteiger partial charge in [-0.3, -0.25) is 4.79 Å². The topological polar surface area (TPSA) is 99.8 Å². The molecule has 0 N–H and O–H groups in total. The van der Waals surface area contributed by atoms with Gasteiger partial charge < -0.3 is 28.4 Å². The van der Waals surface area contributed by atoms with Crippen LogP contribution in [-0.4, -0.2) is 51.6 Å². The summed E-state index contributed by atoms with van der Waals surface area (Å²) in [7, 11) is 3.05. The molecule has 218 valence electrons. The van der Waals surface area contributed by atoms with Crippen molar-refractivity contribution >= 4 is 34.2 Å². The van der Waals surface area contributed by atoms with Crippen LogP contribution in [0.2, 0.25) is 0 Å². The summed E-state index contributed by atoms with van der Waals surface area (Å²) in [4.78, 5) is 32.4. The Balaban J connectivity index is 1.18. The molecule has 0 radical (unpaired) electrons. The average Bonchev–Trinajstić information content (AvgIpc) is 3.52. The summed E-state index contributed by atoms with van der Waals surface area (Å²) >= 11 is 0. The van der Waals surface area contributed by atoms with E-state index in [-0.39, 0.29) is 12.5 Å². The van der Waals surface area contributed by atoms with Gasteiger partial charge in [0.1, 0.15) is 35.5 Å². The Kier molecular flexibility index (Phi) is 9.06. The maximum atomic E-state index is 13.0. The Labute approximate surface area is 244 Å². The largest absolute Gasteiger partial charge is 0.497 e. The van der Waals surface area contributed by atoms with Gasteiger partial charge in [-0.2, -0.15) is 0 Å². The van der Waals surface area contributed by atoms with Crippen molar-refractivity contribution in [3.05, 3.63) is 77.9 Å². The maximum Gasteiger partial charge on any atom is 0.342 e. The molecule has 5 rings (SSSR count). The smallest absolute Gasteiger partial charge is 0.342 e. The number of amides is 1. The van der Waals surface area contributed by atoms with Crippen molar-refractivity contribution in [3.63, 3.8) is 0 Å². The van der Waals surface area contributed by atoms with Crippen LogP contribution in [-0.2, 0) is 14.4 Å². The van der Waals surface area contributed by atoms with Gasteiger partial charge in [-0.1, -0.05) is 36.2 Å². The number of para-hydroxylation sites is 1. The van der Waals surface area contributed by atoms with Gasteiger partial charge in [0, 0.05) is 23.1 Å². The maximum absolute atomic E-state index is 13.0. The van der Waals surface area contributed by atoms with Gasteiger partial charge in [-0.25, -0.2) is 4.79 Å². The second kappa shape index (κ2) is 13.2. The lowest BCUT2D eigenvalue weighted by molar-refractivity contribution is -0.112. The van der Waals surface area contributed by atoms with Crippen LogP contribution in [0.3, 0.4) is 0 Å². The van der Waals surface area contributed by atoms with Crippen molar-refractivity contribution in [2.45, 2.75) is 32.6 Å². The lowest BCUT2D eigenvalue weighted by Crippen LogP contribution is -2.31. The van der Waals surface area contributed by atoms with Crippen LogP contribution in [0.5, 0.6) is 11.5 Å². The lowest BCUT2D eigenvalue weighted by Gasteiger charge is -2.16. The number of oxime groups is 1. The third kappa shape index (κ3) is 5.95. The molecule has 0 saturated carbocycles. The van der Waals surface area contributed by atoms with E-state index in [2.05, 4.69) is 5.16 Å². The van der Waals surface area contributed by atoms with E-state index in [1.807, 2.05) is 66.7 Å². The first-order chi connectivity index (χ1) is 20.5. The number of unbranched alkanes of at least 4 members (excludes halogenated alkanes) is 3. The molecule has 9 heteroatoms. The molecular formula is C33H34N2O7. The Morgan fingerprint density at radius 3 is 2.45 bits per heavy atom. The molecule has 0 unspecified atom stereocenters. The van der Waals surface area contributed by atoms with Crippen molar-refractivity contribution < 1.29 is 33.1 Å². The number of carbonyl (C=O) groups is 2. The zero-order valence-corrected chi connectivity index (χ0v) is 24.1. The molecule has 0 atom stereocenters. The van der Waals surface area contributed by atoms with Crippen LogP contribution in [0.25, 0.3) is 22.3 Å². The summed E-state index contributed by atoms with van der Waals surface area (Å²) in [6.45, 7) is 3.17. The molecule has 1 amide bonds. The second-order valence-corrected chi connectivity index (χ2v) is 9.77. The standard InChI is InChI=1S/C33H34N2O7/c1-4-40-33(37)29-26-21-24(17-18-28(26)42-31(29)22-13-15-23(38-2)16-14-22)41-20-10-6-5-9-19-35-27-12-8-7-11-25(27)30(32(35)36)34-39-3/h7-8,11-18,21H,4-6,9-10,19-20H2,1-3H3/b34-30+. The van der Waals surface area contributed by atoms with E-state index < -0.39 is 5.97 Å². The molecule has 1 aliphatic heterocycles. The number of benzene rings is 3. The number of anilines is 1. The summed E-state index contributed by atoms with van der Waals surface area (Å²) in [5, 5.41) is 4.58. The van der Waals surface area contributed by atoms with Crippen LogP contribution in [0, 0.1) is 0 Å². The van der Waals surface area contributed by atoms with Crippen molar-refractivity contribution in [3.8, 4) is 22.8 Å². The minimum absolute atomic E-state index is 0.131. The number of hydrogen-bond acceptors (Lipinski definition) is 8. The zero-order chi connectivity index (χ0) is 29.5. The number of fused-ring (bicyclic) bond motifs is 2. The first kappa shape index (κ1) is 28.7. The van der Waals surface area contributed by atoms with Crippen molar-refractivity contribution in [1.29, 1.82) is 0 Å².